The standard InChI is InChI=1S/C21H30N2O4S/c1-23(28(2,26)27)13-15-5-7-17(8-6-15)19(24)22-20-11-16-4-3-9-21(25,14-20)18(10-16)12-20/h5-8,16,18,25H,3-4,9-14H2,1-2H3,(H,22,24). The largest absolute Gasteiger partial charge is 0.390 e. The van der Waals surface area contributed by atoms with Crippen molar-refractivity contribution < 1.29 is 18.3 Å². The second kappa shape index (κ2) is 6.82. The average Bonchev–Trinajstić information content (AvgIpc) is 2.72. The minimum Gasteiger partial charge on any atom is -0.390 e. The highest BCUT2D eigenvalue weighted by atomic mass is 32.2. The summed E-state index contributed by atoms with van der Waals surface area (Å²) in [5.41, 5.74) is 0.518. The molecule has 3 fully saturated rings. The molecule has 3 saturated carbocycles. The summed E-state index contributed by atoms with van der Waals surface area (Å²) in [6.45, 7) is 0.279. The summed E-state index contributed by atoms with van der Waals surface area (Å²) < 4.78 is 24.4. The molecule has 3 aliphatic rings. The molecule has 28 heavy (non-hydrogen) atoms. The highest BCUT2D eigenvalue weighted by Crippen LogP contribution is 2.57. The molecule has 2 N–H and O–H groups in total. The number of hydrogen-bond donors (Lipinski definition) is 2. The lowest BCUT2D eigenvalue weighted by atomic mass is 9.75. The number of carbonyl (C=O) groups excluding carboxylic acids is 1. The highest BCUT2D eigenvalue weighted by Gasteiger charge is 2.59. The first-order chi connectivity index (χ1) is 13.1. The molecule has 4 rings (SSSR count). The molecule has 0 radical (unpaired) electrons. The molecule has 0 saturated heterocycles. The van der Waals surface area contributed by atoms with E-state index in [4.69, 9.17) is 0 Å². The van der Waals surface area contributed by atoms with Crippen LogP contribution in [0.15, 0.2) is 24.3 Å². The van der Waals surface area contributed by atoms with Gasteiger partial charge in [0.1, 0.15) is 0 Å². The van der Waals surface area contributed by atoms with E-state index < -0.39 is 15.6 Å². The molecule has 6 nitrogen and oxygen atoms in total. The first kappa shape index (κ1) is 19.9. The van der Waals surface area contributed by atoms with E-state index >= 15 is 0 Å². The number of rotatable bonds is 5. The van der Waals surface area contributed by atoms with Gasteiger partial charge in [0.15, 0.2) is 0 Å². The van der Waals surface area contributed by atoms with Crippen LogP contribution in [0.3, 0.4) is 0 Å². The highest BCUT2D eigenvalue weighted by molar-refractivity contribution is 7.88. The summed E-state index contributed by atoms with van der Waals surface area (Å²) in [4.78, 5) is 12.9. The Morgan fingerprint density at radius 1 is 1.29 bits per heavy atom. The van der Waals surface area contributed by atoms with E-state index in [9.17, 15) is 18.3 Å². The fourth-order valence-electron chi connectivity index (χ4n) is 5.77. The van der Waals surface area contributed by atoms with E-state index in [0.29, 0.717) is 23.8 Å². The third-order valence-electron chi connectivity index (χ3n) is 7.13. The van der Waals surface area contributed by atoms with Crippen molar-refractivity contribution >= 4 is 15.9 Å². The molecule has 1 aromatic carbocycles. The monoisotopic (exact) mass is 406 g/mol. The Kier molecular flexibility index (Phi) is 4.83. The number of nitrogens with one attached hydrogen (secondary N) is 1. The quantitative estimate of drug-likeness (QED) is 0.785. The van der Waals surface area contributed by atoms with Crippen LogP contribution in [-0.2, 0) is 16.6 Å². The minimum atomic E-state index is -3.24. The van der Waals surface area contributed by atoms with E-state index in [1.807, 2.05) is 0 Å². The van der Waals surface area contributed by atoms with Gasteiger partial charge in [0.05, 0.1) is 11.9 Å². The van der Waals surface area contributed by atoms with Gasteiger partial charge in [-0.2, -0.15) is 0 Å². The van der Waals surface area contributed by atoms with Gasteiger partial charge >= 0.3 is 0 Å². The zero-order chi connectivity index (χ0) is 20.2. The van der Waals surface area contributed by atoms with Crippen LogP contribution >= 0.6 is 0 Å². The van der Waals surface area contributed by atoms with Gasteiger partial charge in [-0.05, 0) is 61.6 Å². The van der Waals surface area contributed by atoms with Gasteiger partial charge in [0.25, 0.3) is 5.91 Å². The smallest absolute Gasteiger partial charge is 0.251 e. The fourth-order valence-corrected chi connectivity index (χ4v) is 6.15. The van der Waals surface area contributed by atoms with Crippen molar-refractivity contribution in [3.8, 4) is 0 Å². The number of fused-ring (bicyclic) bond motifs is 2. The summed E-state index contributed by atoms with van der Waals surface area (Å²) in [6, 6.07) is 7.11. The summed E-state index contributed by atoms with van der Waals surface area (Å²) in [5, 5.41) is 14.4. The number of nitrogens with zero attached hydrogens (tertiary/aromatic N) is 1. The van der Waals surface area contributed by atoms with E-state index in [1.54, 1.807) is 24.3 Å². The van der Waals surface area contributed by atoms with Crippen molar-refractivity contribution in [3.05, 3.63) is 35.4 Å². The number of hydrogen-bond acceptors (Lipinski definition) is 4. The van der Waals surface area contributed by atoms with Crippen molar-refractivity contribution in [1.82, 2.24) is 9.62 Å². The van der Waals surface area contributed by atoms with Crippen molar-refractivity contribution in [3.63, 3.8) is 0 Å². The molecule has 3 aliphatic carbocycles. The minimum absolute atomic E-state index is 0.104. The van der Waals surface area contributed by atoms with Crippen LogP contribution in [0.25, 0.3) is 0 Å². The van der Waals surface area contributed by atoms with Gasteiger partial charge in [-0.3, -0.25) is 4.79 Å². The molecule has 3 bridgehead atoms. The second-order valence-electron chi connectivity index (χ2n) is 9.33. The van der Waals surface area contributed by atoms with E-state index in [2.05, 4.69) is 5.32 Å². The third kappa shape index (κ3) is 3.72. The number of sulfonamides is 1. The SMILES string of the molecule is CN(Cc1ccc(C(=O)NC23CC4CCCC(O)(C2)C(C4)C3)cc1)S(C)(=O)=O. The van der Waals surface area contributed by atoms with Crippen molar-refractivity contribution in [2.45, 2.75) is 62.6 Å². The first-order valence-corrected chi connectivity index (χ1v) is 12.0. The van der Waals surface area contributed by atoms with Gasteiger partial charge in [-0.1, -0.05) is 25.0 Å². The predicted octanol–water partition coefficient (Wildman–Crippen LogP) is 2.28. The Morgan fingerprint density at radius 2 is 2.00 bits per heavy atom. The molecule has 4 atom stereocenters. The van der Waals surface area contributed by atoms with Gasteiger partial charge in [-0.15, -0.1) is 0 Å². The lowest BCUT2D eigenvalue weighted by molar-refractivity contribution is -0.00461. The van der Waals surface area contributed by atoms with Gasteiger partial charge < -0.3 is 10.4 Å². The summed E-state index contributed by atoms with van der Waals surface area (Å²) >= 11 is 0. The van der Waals surface area contributed by atoms with E-state index in [1.165, 1.54) is 17.6 Å². The zero-order valence-corrected chi connectivity index (χ0v) is 17.5. The number of benzene rings is 1. The predicted molar refractivity (Wildman–Crippen MR) is 107 cm³/mol. The van der Waals surface area contributed by atoms with Gasteiger partial charge in [0, 0.05) is 24.7 Å². The molecule has 1 aromatic rings. The topological polar surface area (TPSA) is 86.7 Å². The van der Waals surface area contributed by atoms with Gasteiger partial charge in [-0.25, -0.2) is 12.7 Å². The number of aliphatic hydroxyl groups is 1. The number of carbonyl (C=O) groups is 1. The molecule has 7 heteroatoms. The maximum Gasteiger partial charge on any atom is 0.251 e. The molecule has 1 amide bonds. The van der Waals surface area contributed by atoms with Crippen molar-refractivity contribution in [1.29, 1.82) is 0 Å². The van der Waals surface area contributed by atoms with Crippen molar-refractivity contribution in [2.75, 3.05) is 13.3 Å². The van der Waals surface area contributed by atoms with Crippen LogP contribution in [0.5, 0.6) is 0 Å². The normalized spacial score (nSPS) is 34.4. The van der Waals surface area contributed by atoms with Gasteiger partial charge in [0.2, 0.25) is 10.0 Å². The maximum atomic E-state index is 12.9. The van der Waals surface area contributed by atoms with Crippen LogP contribution in [0.1, 0.15) is 60.9 Å². The molecule has 0 aliphatic heterocycles. The molecule has 0 heterocycles. The lowest BCUT2D eigenvalue weighted by Crippen LogP contribution is -2.50. The molecule has 0 spiro atoms. The average molecular weight is 407 g/mol. The van der Waals surface area contributed by atoms with Crippen LogP contribution in [0.2, 0.25) is 0 Å². The Morgan fingerprint density at radius 3 is 2.68 bits per heavy atom. The zero-order valence-electron chi connectivity index (χ0n) is 16.6. The molecular formula is C21H30N2O4S. The lowest BCUT2D eigenvalue weighted by Gasteiger charge is -2.38. The molecular weight excluding hydrogens is 376 g/mol. The molecule has 0 aromatic heterocycles. The van der Waals surface area contributed by atoms with E-state index in [-0.39, 0.29) is 18.0 Å². The Labute approximate surface area is 167 Å². The first-order valence-electron chi connectivity index (χ1n) is 10.1. The third-order valence-corrected chi connectivity index (χ3v) is 8.39. The Hall–Kier alpha value is -1.44. The van der Waals surface area contributed by atoms with Crippen molar-refractivity contribution in [2.24, 2.45) is 11.8 Å². The van der Waals surface area contributed by atoms with E-state index in [0.717, 1.165) is 44.1 Å². The molecule has 4 unspecified atom stereocenters. The Bertz CT molecular complexity index is 865. The number of amides is 1. The van der Waals surface area contributed by atoms with Crippen LogP contribution in [-0.4, -0.2) is 48.2 Å². The van der Waals surface area contributed by atoms with Crippen LogP contribution < -0.4 is 5.32 Å². The van der Waals surface area contributed by atoms with Crippen LogP contribution in [0, 0.1) is 11.8 Å². The second-order valence-corrected chi connectivity index (χ2v) is 11.4. The Balaban J connectivity index is 1.46. The summed E-state index contributed by atoms with van der Waals surface area (Å²) in [6.07, 6.45) is 7.88. The maximum absolute atomic E-state index is 12.9. The molecule has 154 valence electrons. The summed E-state index contributed by atoms with van der Waals surface area (Å²) in [7, 11) is -1.70. The fraction of sp³-hybridized carbons (Fsp3) is 0.667. The van der Waals surface area contributed by atoms with Crippen LogP contribution in [0.4, 0.5) is 0 Å². The summed E-state index contributed by atoms with van der Waals surface area (Å²) in [5.74, 6) is 0.805.